The van der Waals surface area contributed by atoms with Crippen molar-refractivity contribution in [2.45, 2.75) is 0 Å². The highest BCUT2D eigenvalue weighted by Crippen LogP contribution is 2.53. The smallest absolute Gasteiger partial charge is 0.256 e. The van der Waals surface area contributed by atoms with E-state index < -0.39 is 8.07 Å². The summed E-state index contributed by atoms with van der Waals surface area (Å²) in [6.07, 6.45) is 0. The summed E-state index contributed by atoms with van der Waals surface area (Å²) >= 11 is 0. The molecule has 0 saturated heterocycles. The lowest BCUT2D eigenvalue weighted by Gasteiger charge is -2.47. The molecular weight excluding hydrogens is 1450 g/mol. The summed E-state index contributed by atoms with van der Waals surface area (Å²) in [7, 11) is -3.12. The van der Waals surface area contributed by atoms with Gasteiger partial charge in [0.1, 0.15) is 11.5 Å². The average molecular weight is 1520 g/mol. The molecule has 5 heterocycles. The van der Waals surface area contributed by atoms with Gasteiger partial charge in [-0.1, -0.05) is 303 Å². The molecule has 0 bridgehead atoms. The van der Waals surface area contributed by atoms with Crippen LogP contribution in [0.5, 0.6) is 11.5 Å². The zero-order chi connectivity index (χ0) is 77.8. The van der Waals surface area contributed by atoms with Crippen molar-refractivity contribution in [1.29, 1.82) is 0 Å². The Bertz CT molecular complexity index is 6880. The predicted octanol–water partition coefficient (Wildman–Crippen LogP) is 21.3. The standard InChI is InChI=1S/C108H74B2N6OSi/c1-11-37-76(38-12-1)111(77-39-13-2-14-40-77)83-68-102-107-103(69-83)116(96-60-34-31-57-89(96)75-63-65-91-90-58-32-35-61-97(90)113(99(91)67-75)80-45-19-5-20-46-80)101-74-100-94(73-95(101)109(107)92-59-33-36-62-98(92)114(102)81-47-21-6-22-48-81)110-93-66-64-88(118(85-51-25-8-26-52-85,86-53-27-9-28-54-86)87-55-29-10-30-56-87)72-105(93)117-106-71-84(70-104(108(106)110)115(100)82-49-23-7-24-50-82)112(78-41-15-3-16-42-78)79-43-17-4-18-44-79/h1-74H. The highest BCUT2D eigenvalue weighted by atomic mass is 28.3. The van der Waals surface area contributed by atoms with Crippen molar-refractivity contribution in [3.05, 3.63) is 449 Å². The van der Waals surface area contributed by atoms with E-state index in [1.807, 2.05) is 0 Å². The Balaban J connectivity index is 0.847. The molecule has 19 aromatic rings. The van der Waals surface area contributed by atoms with Gasteiger partial charge in [0.2, 0.25) is 0 Å². The molecule has 4 aliphatic heterocycles. The van der Waals surface area contributed by atoms with Crippen LogP contribution in [-0.2, 0) is 0 Å². The molecule has 0 radical (unpaired) electrons. The summed E-state index contributed by atoms with van der Waals surface area (Å²) in [4.78, 5) is 12.6. The van der Waals surface area contributed by atoms with Crippen LogP contribution < -0.4 is 82.8 Å². The van der Waals surface area contributed by atoms with E-state index in [-0.39, 0.29) is 13.4 Å². The SMILES string of the molecule is c1ccc(N(c2ccccc2)c2cc3c4c(c2)N(c2ccccc2)c2cc5c(cc2B4c2ccc([Si](c4ccccc4)(c4ccccc4)c4ccccc4)cc2O3)B2c3ccccc3N(c3ccccc3)c3cc(N(c4ccccc4)c4ccccc4)cc(c32)N5c2ccccc2-c2ccc3c4ccccc4n(-c4ccccc4)c3c2)cc1. The van der Waals surface area contributed by atoms with Crippen LogP contribution >= 0.6 is 0 Å². The maximum Gasteiger partial charge on any atom is 0.256 e. The van der Waals surface area contributed by atoms with Gasteiger partial charge in [0, 0.05) is 96.3 Å². The number of fused-ring (bicyclic) bond motifs is 11. The van der Waals surface area contributed by atoms with Crippen LogP contribution in [0.15, 0.2) is 449 Å². The van der Waals surface area contributed by atoms with Gasteiger partial charge in [0.15, 0.2) is 8.07 Å². The number of hydrogen-bond donors (Lipinski definition) is 0. The number of ether oxygens (including phenoxy) is 1. The maximum atomic E-state index is 8.01. The van der Waals surface area contributed by atoms with Crippen molar-refractivity contribution >= 4 is 182 Å². The van der Waals surface area contributed by atoms with Crippen molar-refractivity contribution in [3.8, 4) is 28.3 Å². The Kier molecular flexibility index (Phi) is 16.4. The Labute approximate surface area is 688 Å². The lowest BCUT2D eigenvalue weighted by molar-refractivity contribution is 0.488. The molecule has 23 rings (SSSR count). The monoisotopic (exact) mass is 1520 g/mol. The molecular formula is C108H74B2N6OSi. The van der Waals surface area contributed by atoms with Gasteiger partial charge in [-0.15, -0.1) is 0 Å². The molecule has 0 amide bonds. The van der Waals surface area contributed by atoms with Gasteiger partial charge in [-0.3, -0.25) is 0 Å². The third kappa shape index (κ3) is 10.9. The van der Waals surface area contributed by atoms with Crippen LogP contribution in [0.1, 0.15) is 0 Å². The van der Waals surface area contributed by atoms with E-state index in [9.17, 15) is 0 Å². The first-order valence-corrected chi connectivity index (χ1v) is 42.7. The van der Waals surface area contributed by atoms with E-state index in [0.717, 1.165) is 136 Å². The fourth-order valence-corrected chi connectivity index (χ4v) is 24.5. The Morgan fingerprint density at radius 1 is 0.229 bits per heavy atom. The molecule has 552 valence electrons. The van der Waals surface area contributed by atoms with Crippen LogP contribution in [0.3, 0.4) is 0 Å². The molecule has 4 aliphatic rings. The van der Waals surface area contributed by atoms with Gasteiger partial charge in [-0.25, -0.2) is 0 Å². The number of aromatic nitrogens is 1. The Morgan fingerprint density at radius 3 is 1.19 bits per heavy atom. The summed E-state index contributed by atoms with van der Waals surface area (Å²) in [6, 6.07) is 167. The predicted molar refractivity (Wildman–Crippen MR) is 499 cm³/mol. The number of anilines is 15. The molecule has 10 heteroatoms. The van der Waals surface area contributed by atoms with Gasteiger partial charge in [-0.2, -0.15) is 0 Å². The zero-order valence-corrected chi connectivity index (χ0v) is 65.5. The lowest BCUT2D eigenvalue weighted by Crippen LogP contribution is -2.75. The lowest BCUT2D eigenvalue weighted by atomic mass is 9.30. The van der Waals surface area contributed by atoms with E-state index in [0.29, 0.717) is 0 Å². The minimum atomic E-state index is -3.12. The first kappa shape index (κ1) is 68.5. The second-order valence-electron chi connectivity index (χ2n) is 31.0. The molecule has 118 heavy (non-hydrogen) atoms. The van der Waals surface area contributed by atoms with Crippen LogP contribution in [0.25, 0.3) is 38.6 Å². The van der Waals surface area contributed by atoms with Gasteiger partial charge in [0.05, 0.1) is 28.1 Å². The molecule has 0 fully saturated rings. The van der Waals surface area contributed by atoms with Crippen molar-refractivity contribution in [2.24, 2.45) is 0 Å². The van der Waals surface area contributed by atoms with Crippen LogP contribution in [0.2, 0.25) is 0 Å². The van der Waals surface area contributed by atoms with Crippen molar-refractivity contribution < 1.29 is 4.74 Å². The summed E-state index contributed by atoms with van der Waals surface area (Å²) in [5.74, 6) is 1.64. The summed E-state index contributed by atoms with van der Waals surface area (Å²) in [6.45, 7) is -0.620. The number of benzene rings is 18. The highest BCUT2D eigenvalue weighted by molar-refractivity contribution is 7.20. The van der Waals surface area contributed by atoms with E-state index in [1.165, 1.54) is 53.4 Å². The normalized spacial score (nSPS) is 12.7. The van der Waals surface area contributed by atoms with E-state index in [4.69, 9.17) is 4.74 Å². The Morgan fingerprint density at radius 2 is 0.644 bits per heavy atom. The fraction of sp³-hybridized carbons (Fsp3) is 0. The summed E-state index contributed by atoms with van der Waals surface area (Å²) < 4.78 is 10.4. The molecule has 0 saturated carbocycles. The quantitative estimate of drug-likeness (QED) is 0.0751. The molecule has 0 N–H and O–H groups in total. The fourth-order valence-electron chi connectivity index (χ4n) is 19.8. The number of para-hydroxylation sites is 10. The molecule has 0 unspecified atom stereocenters. The van der Waals surface area contributed by atoms with Gasteiger partial charge < -0.3 is 33.8 Å². The average Bonchev–Trinajstić information content (AvgIpc) is 0.782. The summed E-state index contributed by atoms with van der Waals surface area (Å²) in [5, 5.41) is 7.52. The molecule has 0 atom stereocenters. The zero-order valence-electron chi connectivity index (χ0n) is 64.5. The van der Waals surface area contributed by atoms with Crippen molar-refractivity contribution in [2.75, 3.05) is 24.5 Å². The first-order chi connectivity index (χ1) is 58.6. The summed E-state index contributed by atoms with van der Waals surface area (Å²) in [5.41, 5.74) is 28.3. The van der Waals surface area contributed by atoms with Gasteiger partial charge in [0.25, 0.3) is 13.4 Å². The highest BCUT2D eigenvalue weighted by Gasteiger charge is 2.50. The first-order valence-electron chi connectivity index (χ1n) is 40.7. The van der Waals surface area contributed by atoms with Gasteiger partial charge in [-0.05, 0) is 199 Å². The molecule has 1 aromatic heterocycles. The van der Waals surface area contributed by atoms with Crippen molar-refractivity contribution in [1.82, 2.24) is 4.57 Å². The Hall–Kier alpha value is -15.1. The van der Waals surface area contributed by atoms with Gasteiger partial charge >= 0.3 is 0 Å². The minimum absolute atomic E-state index is 0.284. The second kappa shape index (κ2) is 28.2. The molecule has 0 aliphatic carbocycles. The molecule has 0 spiro atoms. The second-order valence-corrected chi connectivity index (χ2v) is 34.8. The van der Waals surface area contributed by atoms with Crippen molar-refractivity contribution in [3.63, 3.8) is 0 Å². The van der Waals surface area contributed by atoms with E-state index >= 15 is 0 Å². The number of nitrogens with zero attached hydrogens (tertiary/aromatic N) is 6. The number of rotatable bonds is 15. The van der Waals surface area contributed by atoms with Crippen LogP contribution in [-0.4, -0.2) is 26.1 Å². The van der Waals surface area contributed by atoms with Crippen LogP contribution in [0.4, 0.5) is 85.3 Å². The minimum Gasteiger partial charge on any atom is -0.458 e. The molecule has 18 aromatic carbocycles. The third-order valence-corrected chi connectivity index (χ3v) is 29.4. The third-order valence-electron chi connectivity index (χ3n) is 24.6. The maximum absolute atomic E-state index is 8.01. The number of hydrogen-bond acceptors (Lipinski definition) is 6. The largest absolute Gasteiger partial charge is 0.458 e. The van der Waals surface area contributed by atoms with Crippen LogP contribution in [0, 0.1) is 0 Å². The topological polar surface area (TPSA) is 30.4 Å². The van der Waals surface area contributed by atoms with E-state index in [1.54, 1.807) is 0 Å². The van der Waals surface area contributed by atoms with E-state index in [2.05, 4.69) is 478 Å². The molecule has 7 nitrogen and oxygen atoms in total.